The zero-order chi connectivity index (χ0) is 15.2. The average molecular weight is 299 g/mol. The van der Waals surface area contributed by atoms with Crippen LogP contribution in [-0.2, 0) is 17.8 Å². The molecule has 1 amide bonds. The van der Waals surface area contributed by atoms with Gasteiger partial charge in [0.15, 0.2) is 0 Å². The molecule has 0 spiro atoms. The molecule has 5 heteroatoms. The summed E-state index contributed by atoms with van der Waals surface area (Å²) in [7, 11) is 0. The van der Waals surface area contributed by atoms with Crippen LogP contribution in [0.25, 0.3) is 0 Å². The van der Waals surface area contributed by atoms with Crippen LogP contribution in [0.1, 0.15) is 21.6 Å². The molecule has 116 valence electrons. The van der Waals surface area contributed by atoms with E-state index < -0.39 is 0 Å². The van der Waals surface area contributed by atoms with Crippen LogP contribution in [0.3, 0.4) is 0 Å². The molecule has 1 aliphatic rings. The molecule has 22 heavy (non-hydrogen) atoms. The molecule has 3 rings (SSSR count). The second-order valence-corrected chi connectivity index (χ2v) is 5.42. The Kier molecular flexibility index (Phi) is 4.88. The molecule has 1 saturated heterocycles. The number of benzene rings is 1. The summed E-state index contributed by atoms with van der Waals surface area (Å²) in [6.45, 7) is 4.96. The van der Waals surface area contributed by atoms with Crippen molar-refractivity contribution in [3.63, 3.8) is 0 Å². The second-order valence-electron chi connectivity index (χ2n) is 5.42. The summed E-state index contributed by atoms with van der Waals surface area (Å²) in [5, 5.41) is 2.97. The van der Waals surface area contributed by atoms with E-state index in [0.29, 0.717) is 12.2 Å². The van der Waals surface area contributed by atoms with E-state index in [4.69, 9.17) is 4.74 Å². The number of H-pyrrole nitrogens is 1. The molecule has 1 aliphatic heterocycles. The van der Waals surface area contributed by atoms with Crippen molar-refractivity contribution in [2.24, 2.45) is 0 Å². The van der Waals surface area contributed by atoms with E-state index in [0.717, 1.165) is 38.4 Å². The fourth-order valence-electron chi connectivity index (χ4n) is 2.63. The van der Waals surface area contributed by atoms with Gasteiger partial charge in [-0.2, -0.15) is 0 Å². The predicted octanol–water partition coefficient (Wildman–Crippen LogP) is 1.78. The summed E-state index contributed by atoms with van der Waals surface area (Å²) in [4.78, 5) is 17.3. The van der Waals surface area contributed by atoms with Crippen molar-refractivity contribution in [3.8, 4) is 0 Å². The van der Waals surface area contributed by atoms with Crippen LogP contribution in [0.15, 0.2) is 42.6 Å². The Labute approximate surface area is 130 Å². The molecule has 1 aromatic carbocycles. The Morgan fingerprint density at radius 1 is 1.14 bits per heavy atom. The van der Waals surface area contributed by atoms with Gasteiger partial charge < -0.3 is 15.0 Å². The number of ether oxygens (including phenoxy) is 1. The SMILES string of the molecule is O=C(NCc1ccccc1CN1CCOCC1)c1ccc[nH]1. The van der Waals surface area contributed by atoms with E-state index in [2.05, 4.69) is 27.3 Å². The van der Waals surface area contributed by atoms with Crippen LogP contribution in [0.4, 0.5) is 0 Å². The molecule has 1 aromatic heterocycles. The van der Waals surface area contributed by atoms with Crippen LogP contribution in [0, 0.1) is 0 Å². The maximum Gasteiger partial charge on any atom is 0.267 e. The normalized spacial score (nSPS) is 15.6. The lowest BCUT2D eigenvalue weighted by molar-refractivity contribution is 0.0340. The zero-order valence-corrected chi connectivity index (χ0v) is 12.5. The first-order valence-corrected chi connectivity index (χ1v) is 7.61. The molecule has 2 heterocycles. The molecular weight excluding hydrogens is 278 g/mol. The van der Waals surface area contributed by atoms with E-state index in [1.165, 1.54) is 5.56 Å². The van der Waals surface area contributed by atoms with Crippen LogP contribution in [0.2, 0.25) is 0 Å². The standard InChI is InChI=1S/C17H21N3O2/c21-17(16-6-3-7-18-16)19-12-14-4-1-2-5-15(14)13-20-8-10-22-11-9-20/h1-7,18H,8-13H2,(H,19,21). The zero-order valence-electron chi connectivity index (χ0n) is 12.5. The molecule has 0 saturated carbocycles. The molecule has 0 unspecified atom stereocenters. The largest absolute Gasteiger partial charge is 0.379 e. The minimum absolute atomic E-state index is 0.0776. The molecule has 5 nitrogen and oxygen atoms in total. The van der Waals surface area contributed by atoms with Gasteiger partial charge in [0.2, 0.25) is 0 Å². The van der Waals surface area contributed by atoms with Gasteiger partial charge >= 0.3 is 0 Å². The van der Waals surface area contributed by atoms with Crippen LogP contribution in [0.5, 0.6) is 0 Å². The first-order valence-electron chi connectivity index (χ1n) is 7.61. The first kappa shape index (κ1) is 14.8. The Bertz CT molecular complexity index is 604. The van der Waals surface area contributed by atoms with Crippen molar-refractivity contribution in [2.45, 2.75) is 13.1 Å². The fraction of sp³-hybridized carbons (Fsp3) is 0.353. The van der Waals surface area contributed by atoms with Crippen LogP contribution in [-0.4, -0.2) is 42.1 Å². The van der Waals surface area contributed by atoms with Crippen molar-refractivity contribution in [2.75, 3.05) is 26.3 Å². The molecule has 2 N–H and O–H groups in total. The number of rotatable bonds is 5. The fourth-order valence-corrected chi connectivity index (χ4v) is 2.63. The average Bonchev–Trinajstić information content (AvgIpc) is 3.09. The molecule has 0 aliphatic carbocycles. The monoisotopic (exact) mass is 299 g/mol. The minimum atomic E-state index is -0.0776. The van der Waals surface area contributed by atoms with Gasteiger partial charge in [-0.25, -0.2) is 0 Å². The van der Waals surface area contributed by atoms with Gasteiger partial charge in [-0.15, -0.1) is 0 Å². The van der Waals surface area contributed by atoms with Crippen molar-refractivity contribution < 1.29 is 9.53 Å². The molecule has 0 atom stereocenters. The molecule has 1 fully saturated rings. The first-order chi connectivity index (χ1) is 10.8. The lowest BCUT2D eigenvalue weighted by Gasteiger charge is -2.27. The molecule has 0 bridgehead atoms. The highest BCUT2D eigenvalue weighted by molar-refractivity contribution is 5.92. The summed E-state index contributed by atoms with van der Waals surface area (Å²) >= 11 is 0. The van der Waals surface area contributed by atoms with Gasteiger partial charge in [0.05, 0.1) is 13.2 Å². The van der Waals surface area contributed by atoms with Crippen molar-refractivity contribution in [1.29, 1.82) is 0 Å². The van der Waals surface area contributed by atoms with Gasteiger partial charge in [0.1, 0.15) is 5.69 Å². The van der Waals surface area contributed by atoms with E-state index in [9.17, 15) is 4.79 Å². The van der Waals surface area contributed by atoms with Crippen molar-refractivity contribution >= 4 is 5.91 Å². The van der Waals surface area contributed by atoms with Gasteiger partial charge in [-0.05, 0) is 23.3 Å². The highest BCUT2D eigenvalue weighted by Gasteiger charge is 2.13. The summed E-state index contributed by atoms with van der Waals surface area (Å²) < 4.78 is 5.39. The Hall–Kier alpha value is -2.11. The van der Waals surface area contributed by atoms with E-state index in [1.807, 2.05) is 18.2 Å². The van der Waals surface area contributed by atoms with Gasteiger partial charge in [-0.1, -0.05) is 24.3 Å². The van der Waals surface area contributed by atoms with Gasteiger partial charge in [-0.3, -0.25) is 9.69 Å². The molecule has 0 radical (unpaired) electrons. The highest BCUT2D eigenvalue weighted by Crippen LogP contribution is 2.13. The van der Waals surface area contributed by atoms with Crippen molar-refractivity contribution in [3.05, 3.63) is 59.4 Å². The van der Waals surface area contributed by atoms with E-state index in [-0.39, 0.29) is 5.91 Å². The molecule has 2 aromatic rings. The number of aromatic nitrogens is 1. The van der Waals surface area contributed by atoms with E-state index in [1.54, 1.807) is 12.3 Å². The van der Waals surface area contributed by atoms with Gasteiger partial charge in [0.25, 0.3) is 5.91 Å². The van der Waals surface area contributed by atoms with Gasteiger partial charge in [0, 0.05) is 32.4 Å². The highest BCUT2D eigenvalue weighted by atomic mass is 16.5. The number of nitrogens with zero attached hydrogens (tertiary/aromatic N) is 1. The predicted molar refractivity (Wildman–Crippen MR) is 84.5 cm³/mol. The summed E-state index contributed by atoms with van der Waals surface area (Å²) in [6, 6.07) is 11.9. The lowest BCUT2D eigenvalue weighted by Crippen LogP contribution is -2.36. The second kappa shape index (κ2) is 7.24. The number of nitrogens with one attached hydrogen (secondary N) is 2. The third kappa shape index (κ3) is 3.75. The quantitative estimate of drug-likeness (QED) is 0.885. The number of hydrogen-bond donors (Lipinski definition) is 2. The maximum absolute atomic E-state index is 12.0. The summed E-state index contributed by atoms with van der Waals surface area (Å²) in [5.74, 6) is -0.0776. The molecular formula is C17H21N3O2. The number of hydrogen-bond acceptors (Lipinski definition) is 3. The third-order valence-electron chi connectivity index (χ3n) is 3.90. The maximum atomic E-state index is 12.0. The minimum Gasteiger partial charge on any atom is -0.379 e. The number of carbonyl (C=O) groups excluding carboxylic acids is 1. The Morgan fingerprint density at radius 3 is 2.64 bits per heavy atom. The number of aromatic amines is 1. The van der Waals surface area contributed by atoms with Crippen molar-refractivity contribution in [1.82, 2.24) is 15.2 Å². The Morgan fingerprint density at radius 2 is 1.91 bits per heavy atom. The van der Waals surface area contributed by atoms with E-state index >= 15 is 0 Å². The topological polar surface area (TPSA) is 57.4 Å². The number of amides is 1. The van der Waals surface area contributed by atoms with Crippen LogP contribution < -0.4 is 5.32 Å². The number of morpholine rings is 1. The smallest absolute Gasteiger partial charge is 0.267 e. The van der Waals surface area contributed by atoms with Crippen LogP contribution >= 0.6 is 0 Å². The summed E-state index contributed by atoms with van der Waals surface area (Å²) in [5.41, 5.74) is 3.01. The number of carbonyl (C=O) groups is 1. The Balaban J connectivity index is 1.62. The third-order valence-corrected chi connectivity index (χ3v) is 3.90. The summed E-state index contributed by atoms with van der Waals surface area (Å²) in [6.07, 6.45) is 1.75. The lowest BCUT2D eigenvalue weighted by atomic mass is 10.1.